The molecule has 0 N–H and O–H groups in total. The van der Waals surface area contributed by atoms with Crippen molar-refractivity contribution < 1.29 is 8.83 Å². The van der Waals surface area contributed by atoms with Crippen LogP contribution in [0.1, 0.15) is 0 Å². The number of para-hydroxylation sites is 3. The third-order valence-electron chi connectivity index (χ3n) is 13.4. The van der Waals surface area contributed by atoms with Crippen LogP contribution in [0.3, 0.4) is 0 Å². The van der Waals surface area contributed by atoms with Crippen molar-refractivity contribution in [2.24, 2.45) is 0 Å². The Kier molecular flexibility index (Phi) is 7.28. The number of benzene rings is 10. The van der Waals surface area contributed by atoms with E-state index in [1.54, 1.807) is 11.3 Å². The van der Waals surface area contributed by atoms with Gasteiger partial charge in [-0.2, -0.15) is 0 Å². The molecule has 0 aliphatic heterocycles. The van der Waals surface area contributed by atoms with Gasteiger partial charge in [0.15, 0.2) is 17.5 Å². The summed E-state index contributed by atoms with van der Waals surface area (Å²) in [5.74, 6) is 1.64. The summed E-state index contributed by atoms with van der Waals surface area (Å²) in [4.78, 5) is 16.2. The molecule has 0 aliphatic carbocycles. The SMILES string of the molecule is c1ccc2c(c1)ccc1c2c2c3ccccc3ccc2n1-c1cc(-c2nc(-c3ccc4c(c3)oc3ccccc34)nc(-c3cccc4c3oc3ccccc34)n2)c2sc3ccccc3c2c1. The van der Waals surface area contributed by atoms with Crippen molar-refractivity contribution in [3.05, 3.63) is 194 Å². The molecule has 0 unspecified atom stereocenters. The van der Waals surface area contributed by atoms with Crippen LogP contribution in [-0.2, 0) is 0 Å². The molecule has 0 aliphatic rings. The number of furan rings is 2. The van der Waals surface area contributed by atoms with Gasteiger partial charge in [-0.05, 0) is 82.2 Å². The lowest BCUT2D eigenvalue weighted by atomic mass is 10.00. The van der Waals surface area contributed by atoms with E-state index in [1.165, 1.54) is 42.4 Å². The summed E-state index contributed by atoms with van der Waals surface area (Å²) in [6.45, 7) is 0. The second-order valence-electron chi connectivity index (χ2n) is 17.1. The summed E-state index contributed by atoms with van der Waals surface area (Å²) in [6, 6.07) is 68.6. The average molecular weight is 861 g/mol. The maximum Gasteiger partial charge on any atom is 0.167 e. The van der Waals surface area contributed by atoms with E-state index in [-0.39, 0.29) is 0 Å². The van der Waals surface area contributed by atoms with Crippen molar-refractivity contribution in [3.63, 3.8) is 0 Å². The first-order chi connectivity index (χ1) is 32.7. The Morgan fingerprint density at radius 2 is 0.955 bits per heavy atom. The van der Waals surface area contributed by atoms with Crippen molar-refractivity contribution in [2.75, 3.05) is 0 Å². The van der Waals surface area contributed by atoms with Crippen molar-refractivity contribution in [1.29, 1.82) is 0 Å². The minimum Gasteiger partial charge on any atom is -0.456 e. The molecule has 0 amide bonds. The maximum absolute atomic E-state index is 6.62. The Balaban J connectivity index is 1.05. The van der Waals surface area contributed by atoms with Crippen molar-refractivity contribution in [1.82, 2.24) is 19.5 Å². The average Bonchev–Trinajstić information content (AvgIpc) is 4.15. The van der Waals surface area contributed by atoms with Crippen LogP contribution < -0.4 is 0 Å². The van der Waals surface area contributed by atoms with E-state index in [1.807, 2.05) is 42.5 Å². The number of hydrogen-bond acceptors (Lipinski definition) is 6. The van der Waals surface area contributed by atoms with E-state index in [9.17, 15) is 0 Å². The molecule has 15 rings (SSSR count). The molecular weight excluding hydrogens is 829 g/mol. The topological polar surface area (TPSA) is 69.9 Å². The first-order valence-corrected chi connectivity index (χ1v) is 22.9. The highest BCUT2D eigenvalue weighted by molar-refractivity contribution is 7.26. The standard InChI is InChI=1S/C59H32N4O2S/c1-3-14-37-33(12-1)25-28-47-53(37)54-38-15-4-2-13-34(38)26-29-48(54)63(47)36-31-45-42-18-7-10-23-52(42)66-56(45)46(32-36)59-61-57(35-24-27-41-39-16-5-8-21-49(39)64-51(41)30-35)60-58(62-59)44-20-11-19-43-40-17-6-9-22-50(40)65-55(43)44/h1-32H. The van der Waals surface area contributed by atoms with E-state index >= 15 is 0 Å². The van der Waals surface area contributed by atoms with Gasteiger partial charge in [0, 0.05) is 69.3 Å². The fraction of sp³-hybridized carbons (Fsp3) is 0. The Bertz CT molecular complexity index is 4460. The molecule has 5 heterocycles. The number of thiophene rings is 1. The number of hydrogen-bond donors (Lipinski definition) is 0. The smallest absolute Gasteiger partial charge is 0.167 e. The van der Waals surface area contributed by atoms with Gasteiger partial charge in [0.25, 0.3) is 0 Å². The van der Waals surface area contributed by atoms with Gasteiger partial charge in [-0.3, -0.25) is 0 Å². The van der Waals surface area contributed by atoms with Gasteiger partial charge in [0.05, 0.1) is 16.6 Å². The maximum atomic E-state index is 6.62. The highest BCUT2D eigenvalue weighted by atomic mass is 32.1. The van der Waals surface area contributed by atoms with E-state index in [0.717, 1.165) is 87.4 Å². The van der Waals surface area contributed by atoms with Crippen LogP contribution in [0.4, 0.5) is 0 Å². The van der Waals surface area contributed by atoms with Gasteiger partial charge in [0.2, 0.25) is 0 Å². The van der Waals surface area contributed by atoms with Crippen molar-refractivity contribution in [2.45, 2.75) is 0 Å². The molecule has 15 aromatic rings. The molecular formula is C59H32N4O2S. The number of nitrogens with zero attached hydrogens (tertiary/aromatic N) is 4. The number of aromatic nitrogens is 4. The highest BCUT2D eigenvalue weighted by Crippen LogP contribution is 2.46. The van der Waals surface area contributed by atoms with E-state index in [0.29, 0.717) is 17.5 Å². The zero-order chi connectivity index (χ0) is 43.0. The molecule has 7 heteroatoms. The molecule has 0 atom stereocenters. The van der Waals surface area contributed by atoms with Gasteiger partial charge in [-0.15, -0.1) is 11.3 Å². The minimum atomic E-state index is 0.527. The Hall–Kier alpha value is -8.65. The van der Waals surface area contributed by atoms with E-state index < -0.39 is 0 Å². The molecule has 0 radical (unpaired) electrons. The van der Waals surface area contributed by atoms with Gasteiger partial charge in [-0.25, -0.2) is 15.0 Å². The molecule has 0 spiro atoms. The van der Waals surface area contributed by atoms with Gasteiger partial charge >= 0.3 is 0 Å². The van der Waals surface area contributed by atoms with Gasteiger partial charge in [-0.1, -0.05) is 133 Å². The molecule has 0 saturated heterocycles. The number of fused-ring (bicyclic) bond motifs is 16. The molecule has 0 bridgehead atoms. The molecule has 6 nitrogen and oxygen atoms in total. The Morgan fingerprint density at radius 3 is 1.70 bits per heavy atom. The van der Waals surface area contributed by atoms with Crippen LogP contribution in [0.2, 0.25) is 0 Å². The summed E-state index contributed by atoms with van der Waals surface area (Å²) < 4.78 is 17.8. The Labute approximate surface area is 379 Å². The molecule has 0 saturated carbocycles. The van der Waals surface area contributed by atoms with E-state index in [2.05, 4.69) is 156 Å². The first-order valence-electron chi connectivity index (χ1n) is 22.1. The second kappa shape index (κ2) is 13.4. The van der Waals surface area contributed by atoms with Crippen LogP contribution in [0, 0.1) is 0 Å². The molecule has 5 aromatic heterocycles. The summed E-state index contributed by atoms with van der Waals surface area (Å²) in [5.41, 5.74) is 9.01. The monoisotopic (exact) mass is 860 g/mol. The summed E-state index contributed by atoms with van der Waals surface area (Å²) in [7, 11) is 0. The van der Waals surface area contributed by atoms with E-state index in [4.69, 9.17) is 23.8 Å². The predicted molar refractivity (Wildman–Crippen MR) is 273 cm³/mol. The third-order valence-corrected chi connectivity index (χ3v) is 14.6. The zero-order valence-electron chi connectivity index (χ0n) is 35.0. The van der Waals surface area contributed by atoms with Crippen LogP contribution in [-0.4, -0.2) is 19.5 Å². The third kappa shape index (κ3) is 5.08. The normalized spacial score (nSPS) is 12.2. The van der Waals surface area contributed by atoms with Crippen LogP contribution in [0.5, 0.6) is 0 Å². The van der Waals surface area contributed by atoms with Crippen molar-refractivity contribution in [3.8, 4) is 39.9 Å². The molecule has 66 heavy (non-hydrogen) atoms. The van der Waals surface area contributed by atoms with Crippen LogP contribution in [0.15, 0.2) is 203 Å². The molecule has 0 fully saturated rings. The molecule has 10 aromatic carbocycles. The van der Waals surface area contributed by atoms with Crippen LogP contribution in [0.25, 0.3) is 147 Å². The quantitative estimate of drug-likeness (QED) is 0.176. The lowest BCUT2D eigenvalue weighted by Gasteiger charge is -2.13. The predicted octanol–water partition coefficient (Wildman–Crippen LogP) is 16.4. The largest absolute Gasteiger partial charge is 0.456 e. The summed E-state index contributed by atoms with van der Waals surface area (Å²) >= 11 is 1.77. The number of rotatable bonds is 4. The zero-order valence-corrected chi connectivity index (χ0v) is 35.8. The Morgan fingerprint density at radius 1 is 0.379 bits per heavy atom. The first kappa shape index (κ1) is 35.8. The van der Waals surface area contributed by atoms with Gasteiger partial charge < -0.3 is 13.4 Å². The lowest BCUT2D eigenvalue weighted by Crippen LogP contribution is -2.01. The summed E-state index contributed by atoms with van der Waals surface area (Å²) in [6.07, 6.45) is 0. The minimum absolute atomic E-state index is 0.527. The molecule has 306 valence electrons. The van der Waals surface area contributed by atoms with Gasteiger partial charge in [0.1, 0.15) is 22.3 Å². The highest BCUT2D eigenvalue weighted by Gasteiger charge is 2.24. The summed E-state index contributed by atoms with van der Waals surface area (Å²) in [5, 5.41) is 13.9. The fourth-order valence-corrected chi connectivity index (χ4v) is 11.7. The fourth-order valence-electron chi connectivity index (χ4n) is 10.5. The second-order valence-corrected chi connectivity index (χ2v) is 18.1. The van der Waals surface area contributed by atoms with Crippen molar-refractivity contribution >= 4 is 119 Å². The lowest BCUT2D eigenvalue weighted by molar-refractivity contribution is 0.668. The van der Waals surface area contributed by atoms with Crippen LogP contribution >= 0.6 is 11.3 Å².